The average Bonchev–Trinajstić information content (AvgIpc) is 2.75. The molecule has 1 N–H and O–H groups in total. The topological polar surface area (TPSA) is 83.6 Å². The Morgan fingerprint density at radius 1 is 1.03 bits per heavy atom. The predicted octanol–water partition coefficient (Wildman–Crippen LogP) is 5.53. The van der Waals surface area contributed by atoms with Gasteiger partial charge in [0.1, 0.15) is 0 Å². The molecular weight excluding hydrogens is 560 g/mol. The van der Waals surface area contributed by atoms with Crippen LogP contribution in [0.1, 0.15) is 36.1 Å². The number of aryl methyl sites for hydroxylation is 4. The van der Waals surface area contributed by atoms with Crippen LogP contribution >= 0.6 is 15.9 Å². The predicted molar refractivity (Wildman–Crippen MR) is 150 cm³/mol. The maximum absolute atomic E-state index is 14.0. The first-order valence-electron chi connectivity index (χ1n) is 11.6. The second kappa shape index (κ2) is 12.5. The smallest absolute Gasteiger partial charge is 0.207 e. The number of benzene rings is 2. The maximum Gasteiger partial charge on any atom is 0.244 e. The van der Waals surface area contributed by atoms with Crippen molar-refractivity contribution < 1.29 is 16.8 Å². The van der Waals surface area contributed by atoms with Gasteiger partial charge in [-0.1, -0.05) is 77.8 Å². The van der Waals surface area contributed by atoms with Gasteiger partial charge in [-0.25, -0.2) is 21.6 Å². The van der Waals surface area contributed by atoms with Crippen LogP contribution in [0.2, 0.25) is 0 Å². The Labute approximate surface area is 225 Å². The van der Waals surface area contributed by atoms with Gasteiger partial charge < -0.3 is 0 Å². The summed E-state index contributed by atoms with van der Waals surface area (Å²) in [5.74, 6) is -0.0552. The van der Waals surface area contributed by atoms with Crippen molar-refractivity contribution in [2.45, 2.75) is 57.4 Å². The summed E-state index contributed by atoms with van der Waals surface area (Å²) in [6.07, 6.45) is 3.28. The van der Waals surface area contributed by atoms with Crippen LogP contribution in [0.25, 0.3) is 0 Å². The molecule has 9 heteroatoms. The van der Waals surface area contributed by atoms with Crippen molar-refractivity contribution in [1.29, 1.82) is 0 Å². The van der Waals surface area contributed by atoms with Crippen LogP contribution in [0, 0.1) is 33.6 Å². The molecule has 0 radical (unpaired) electrons. The van der Waals surface area contributed by atoms with E-state index in [9.17, 15) is 16.8 Å². The van der Waals surface area contributed by atoms with Gasteiger partial charge in [0.2, 0.25) is 20.0 Å². The summed E-state index contributed by atoms with van der Waals surface area (Å²) in [7, 11) is -7.61. The van der Waals surface area contributed by atoms with Crippen molar-refractivity contribution in [3.63, 3.8) is 0 Å². The molecule has 0 aromatic heterocycles. The largest absolute Gasteiger partial charge is 0.244 e. The molecule has 36 heavy (non-hydrogen) atoms. The monoisotopic (exact) mass is 594 g/mol. The number of sulfonamides is 2. The molecule has 0 bridgehead atoms. The molecule has 2 rings (SSSR count). The number of halogens is 1. The van der Waals surface area contributed by atoms with Crippen molar-refractivity contribution >= 4 is 36.0 Å². The van der Waals surface area contributed by atoms with Crippen LogP contribution in [0.4, 0.5) is 0 Å². The zero-order valence-electron chi connectivity index (χ0n) is 21.7. The second-order valence-electron chi connectivity index (χ2n) is 9.20. The molecule has 0 aliphatic rings. The van der Waals surface area contributed by atoms with Crippen LogP contribution < -0.4 is 4.72 Å². The number of hydrogen-bond acceptors (Lipinski definition) is 4. The van der Waals surface area contributed by atoms with E-state index in [0.717, 1.165) is 11.1 Å². The van der Waals surface area contributed by atoms with E-state index in [1.807, 2.05) is 39.8 Å². The molecule has 0 spiro atoms. The molecule has 2 aromatic carbocycles. The van der Waals surface area contributed by atoms with Crippen molar-refractivity contribution in [3.8, 4) is 0 Å². The molecule has 196 valence electrons. The fourth-order valence-corrected chi connectivity index (χ4v) is 7.71. The zero-order valence-corrected chi connectivity index (χ0v) is 24.9. The molecule has 0 saturated carbocycles. The SMILES string of the molecule is C=C=C[C@H](C(C)C)N(C/C(Br)=C/CNS(=O)(=O)c1ccc(C)cc1)S(=O)(=O)c1c(C)cc(C)cc1C. The molecule has 0 amide bonds. The lowest BCUT2D eigenvalue weighted by molar-refractivity contribution is 0.323. The van der Waals surface area contributed by atoms with Gasteiger partial charge in [0.05, 0.1) is 15.8 Å². The molecule has 0 heterocycles. The van der Waals surface area contributed by atoms with Crippen LogP contribution in [-0.4, -0.2) is 40.3 Å². The zero-order chi connectivity index (χ0) is 27.3. The Morgan fingerprint density at radius 2 is 1.58 bits per heavy atom. The summed E-state index contributed by atoms with van der Waals surface area (Å²) in [5, 5.41) is 0. The number of nitrogens with zero attached hydrogens (tertiary/aromatic N) is 1. The fourth-order valence-electron chi connectivity index (χ4n) is 4.05. The van der Waals surface area contributed by atoms with Gasteiger partial charge in [-0.2, -0.15) is 4.31 Å². The lowest BCUT2D eigenvalue weighted by Crippen LogP contribution is -2.43. The number of hydrogen-bond donors (Lipinski definition) is 1. The first-order valence-corrected chi connectivity index (χ1v) is 15.3. The maximum atomic E-state index is 14.0. The highest BCUT2D eigenvalue weighted by Gasteiger charge is 2.34. The highest BCUT2D eigenvalue weighted by Crippen LogP contribution is 2.30. The van der Waals surface area contributed by atoms with Crippen molar-refractivity contribution in [1.82, 2.24) is 9.03 Å². The average molecular weight is 596 g/mol. The third-order valence-corrected chi connectivity index (χ3v) is 9.87. The van der Waals surface area contributed by atoms with Crippen LogP contribution in [0.3, 0.4) is 0 Å². The van der Waals surface area contributed by atoms with Gasteiger partial charge in [0.25, 0.3) is 0 Å². The minimum atomic E-state index is -3.92. The van der Waals surface area contributed by atoms with Gasteiger partial charge in [-0.15, -0.1) is 5.73 Å². The lowest BCUT2D eigenvalue weighted by Gasteiger charge is -2.32. The third-order valence-electron chi connectivity index (χ3n) is 5.71. The Balaban J connectivity index is 2.40. The quantitative estimate of drug-likeness (QED) is 0.346. The molecule has 0 fully saturated rings. The number of rotatable bonds is 11. The second-order valence-corrected chi connectivity index (χ2v) is 13.8. The van der Waals surface area contributed by atoms with Gasteiger partial charge in [0.15, 0.2) is 0 Å². The normalized spacial score (nSPS) is 13.6. The molecule has 2 aromatic rings. The van der Waals surface area contributed by atoms with E-state index >= 15 is 0 Å². The van der Waals surface area contributed by atoms with Gasteiger partial charge in [-0.05, 0) is 62.9 Å². The van der Waals surface area contributed by atoms with E-state index in [1.165, 1.54) is 4.31 Å². The van der Waals surface area contributed by atoms with Crippen molar-refractivity contribution in [3.05, 3.63) is 87.6 Å². The fraction of sp³-hybridized carbons (Fsp3) is 0.370. The summed E-state index contributed by atoms with van der Waals surface area (Å²) in [6, 6.07) is 9.78. The minimum Gasteiger partial charge on any atom is -0.207 e. The Bertz CT molecular complexity index is 1350. The van der Waals surface area contributed by atoms with Gasteiger partial charge >= 0.3 is 0 Å². The van der Waals surface area contributed by atoms with E-state index < -0.39 is 26.1 Å². The summed E-state index contributed by atoms with van der Waals surface area (Å²) in [4.78, 5) is 0.444. The summed E-state index contributed by atoms with van der Waals surface area (Å²) in [6.45, 7) is 14.9. The highest BCUT2D eigenvalue weighted by atomic mass is 79.9. The Hall–Kier alpha value is -2.00. The van der Waals surface area contributed by atoms with E-state index in [2.05, 4.69) is 33.0 Å². The first kappa shape index (κ1) is 30.2. The molecule has 0 unspecified atom stereocenters. The third kappa shape index (κ3) is 7.51. The van der Waals surface area contributed by atoms with Crippen molar-refractivity contribution in [2.75, 3.05) is 13.1 Å². The van der Waals surface area contributed by atoms with E-state index in [4.69, 9.17) is 0 Å². The minimum absolute atomic E-state index is 0.00306. The first-order chi connectivity index (χ1) is 16.7. The highest BCUT2D eigenvalue weighted by molar-refractivity contribution is 9.11. The number of nitrogens with one attached hydrogen (secondary N) is 1. The molecule has 0 saturated heterocycles. The molecule has 6 nitrogen and oxygen atoms in total. The van der Waals surface area contributed by atoms with Crippen LogP contribution in [0.15, 0.2) is 75.1 Å². The Kier molecular flexibility index (Phi) is 10.5. The molecule has 0 aliphatic heterocycles. The van der Waals surface area contributed by atoms with Gasteiger partial charge in [0, 0.05) is 17.6 Å². The molecule has 1 atom stereocenters. The van der Waals surface area contributed by atoms with Crippen molar-refractivity contribution in [2.24, 2.45) is 5.92 Å². The van der Waals surface area contributed by atoms with E-state index in [0.29, 0.717) is 15.6 Å². The standard InChI is InChI=1S/C27H35BrN2O4S2/c1-8-9-26(19(2)3)30(36(33,34)27-22(6)16-21(5)17-23(27)7)18-24(28)14-15-29-35(31,32)25-12-10-20(4)11-13-25/h9-14,16-17,19,26,29H,1,15,18H2,2-7H3/b24-14-/t26-/m1/s1. The Morgan fingerprint density at radius 3 is 2.08 bits per heavy atom. The van der Waals surface area contributed by atoms with E-state index in [-0.39, 0.29) is 28.8 Å². The molecular formula is C27H35BrN2O4S2. The van der Waals surface area contributed by atoms with Crippen LogP contribution in [0.5, 0.6) is 0 Å². The van der Waals surface area contributed by atoms with E-state index in [1.54, 1.807) is 50.3 Å². The molecule has 0 aliphatic carbocycles. The lowest BCUT2D eigenvalue weighted by atomic mass is 10.0. The van der Waals surface area contributed by atoms with Gasteiger partial charge in [-0.3, -0.25) is 0 Å². The van der Waals surface area contributed by atoms with Crippen LogP contribution in [-0.2, 0) is 20.0 Å². The summed E-state index contributed by atoms with van der Waals surface area (Å²) in [5.41, 5.74) is 6.04. The summed E-state index contributed by atoms with van der Waals surface area (Å²) < 4.78 is 57.6. The summed E-state index contributed by atoms with van der Waals surface area (Å²) >= 11 is 3.46.